The lowest BCUT2D eigenvalue weighted by atomic mass is 10.2. The molecule has 0 aromatic heterocycles. The van der Waals surface area contributed by atoms with E-state index < -0.39 is 11.8 Å². The molecular weight excluding hydrogens is 520 g/mol. The minimum absolute atomic E-state index is 0.202. The minimum Gasteiger partial charge on any atom is -0.484 e. The molecule has 0 atom stereocenters. The number of anilines is 2. The lowest BCUT2D eigenvalue weighted by Gasteiger charge is -2.08. The van der Waals surface area contributed by atoms with Gasteiger partial charge < -0.3 is 20.1 Å². The van der Waals surface area contributed by atoms with Crippen LogP contribution in [0.15, 0.2) is 108 Å². The number of carbonyl (C=O) groups is 3. The maximum absolute atomic E-state index is 12.2. The van der Waals surface area contributed by atoms with Crippen molar-refractivity contribution in [3.63, 3.8) is 0 Å². The van der Waals surface area contributed by atoms with Crippen LogP contribution in [0.1, 0.15) is 5.56 Å². The number of rotatable bonds is 9. The molecule has 0 unspecified atom stereocenters. The summed E-state index contributed by atoms with van der Waals surface area (Å²) in [6.45, 7) is -0.202. The highest BCUT2D eigenvalue weighted by atomic mass is 35.5. The number of hydrogen-bond donors (Lipinski definition) is 3. The zero-order valence-electron chi connectivity index (χ0n) is 20.5. The first-order valence-electron chi connectivity index (χ1n) is 11.7. The van der Waals surface area contributed by atoms with Crippen molar-refractivity contribution in [2.45, 2.75) is 0 Å². The summed E-state index contributed by atoms with van der Waals surface area (Å²) in [5.74, 6) is -0.421. The first-order chi connectivity index (χ1) is 19.0. The molecular formula is C29H23ClN4O5. The molecule has 0 fully saturated rings. The van der Waals surface area contributed by atoms with Gasteiger partial charge in [-0.15, -0.1) is 0 Å². The van der Waals surface area contributed by atoms with Crippen LogP contribution in [0, 0.1) is 0 Å². The van der Waals surface area contributed by atoms with Gasteiger partial charge in [0.15, 0.2) is 6.61 Å². The molecule has 0 saturated heterocycles. The maximum atomic E-state index is 12.2. The van der Waals surface area contributed by atoms with Crippen LogP contribution in [-0.2, 0) is 14.4 Å². The molecule has 3 amide bonds. The molecule has 3 N–H and O–H groups in total. The third-order valence-corrected chi connectivity index (χ3v) is 5.40. The molecule has 0 heterocycles. The normalized spacial score (nSPS) is 10.5. The summed E-state index contributed by atoms with van der Waals surface area (Å²) < 4.78 is 11.2. The number of benzene rings is 4. The maximum Gasteiger partial charge on any atom is 0.329 e. The monoisotopic (exact) mass is 542 g/mol. The van der Waals surface area contributed by atoms with E-state index in [0.717, 1.165) is 0 Å². The fourth-order valence-electron chi connectivity index (χ4n) is 3.18. The van der Waals surface area contributed by atoms with Gasteiger partial charge in [-0.25, -0.2) is 5.43 Å². The highest BCUT2D eigenvalue weighted by Crippen LogP contribution is 2.23. The molecule has 0 bridgehead atoms. The Labute approximate surface area is 229 Å². The predicted octanol–water partition coefficient (Wildman–Crippen LogP) is 5.24. The zero-order chi connectivity index (χ0) is 27.5. The molecule has 0 aliphatic rings. The third kappa shape index (κ3) is 8.44. The van der Waals surface area contributed by atoms with E-state index in [9.17, 15) is 14.4 Å². The van der Waals surface area contributed by atoms with Crippen molar-refractivity contribution in [1.82, 2.24) is 5.43 Å². The second-order valence-electron chi connectivity index (χ2n) is 7.98. The fraction of sp³-hybridized carbons (Fsp3) is 0.0345. The van der Waals surface area contributed by atoms with E-state index in [4.69, 9.17) is 21.1 Å². The molecule has 4 aromatic carbocycles. The predicted molar refractivity (Wildman–Crippen MR) is 149 cm³/mol. The Morgan fingerprint density at radius 3 is 2.08 bits per heavy atom. The zero-order valence-corrected chi connectivity index (χ0v) is 21.2. The molecule has 9 nitrogen and oxygen atoms in total. The number of nitrogens with one attached hydrogen (secondary N) is 3. The molecule has 0 saturated carbocycles. The quantitative estimate of drug-likeness (QED) is 0.152. The second-order valence-corrected chi connectivity index (χ2v) is 8.39. The number of nitrogens with zero attached hydrogens (tertiary/aromatic N) is 1. The van der Waals surface area contributed by atoms with Gasteiger partial charge in [-0.05, 0) is 78.4 Å². The van der Waals surface area contributed by atoms with Crippen molar-refractivity contribution < 1.29 is 23.9 Å². The van der Waals surface area contributed by atoms with Crippen molar-refractivity contribution >= 4 is 46.9 Å². The van der Waals surface area contributed by atoms with Gasteiger partial charge in [0.25, 0.3) is 5.91 Å². The summed E-state index contributed by atoms with van der Waals surface area (Å²) in [7, 11) is 0. The Morgan fingerprint density at radius 1 is 0.718 bits per heavy atom. The summed E-state index contributed by atoms with van der Waals surface area (Å²) in [6.07, 6.45) is 1.37. The highest BCUT2D eigenvalue weighted by Gasteiger charge is 2.13. The summed E-state index contributed by atoms with van der Waals surface area (Å²) in [4.78, 5) is 36.3. The summed E-state index contributed by atoms with van der Waals surface area (Å²) >= 11 is 6.03. The first-order valence-corrected chi connectivity index (χ1v) is 12.1. The van der Waals surface area contributed by atoms with Crippen LogP contribution >= 0.6 is 11.6 Å². The van der Waals surface area contributed by atoms with Crippen LogP contribution in [0.2, 0.25) is 5.02 Å². The topological polar surface area (TPSA) is 118 Å². The Morgan fingerprint density at radius 2 is 1.36 bits per heavy atom. The van der Waals surface area contributed by atoms with Gasteiger partial charge in [0.2, 0.25) is 0 Å². The third-order valence-electron chi connectivity index (χ3n) is 5.08. The second kappa shape index (κ2) is 13.4. The van der Waals surface area contributed by atoms with Crippen molar-refractivity contribution in [2.24, 2.45) is 5.10 Å². The average Bonchev–Trinajstić information content (AvgIpc) is 2.95. The lowest BCUT2D eigenvalue weighted by Crippen LogP contribution is -2.32. The van der Waals surface area contributed by atoms with Gasteiger partial charge in [0.05, 0.1) is 16.9 Å². The number of hydrazone groups is 1. The Kier molecular flexibility index (Phi) is 9.25. The van der Waals surface area contributed by atoms with Gasteiger partial charge in [0.1, 0.15) is 17.2 Å². The van der Waals surface area contributed by atoms with Gasteiger partial charge >= 0.3 is 11.8 Å². The van der Waals surface area contributed by atoms with Crippen LogP contribution in [0.4, 0.5) is 11.4 Å². The van der Waals surface area contributed by atoms with Crippen LogP contribution < -0.4 is 25.5 Å². The summed E-state index contributed by atoms with van der Waals surface area (Å²) in [5.41, 5.74) is 3.74. The molecule has 10 heteroatoms. The number of carbonyl (C=O) groups excluding carboxylic acids is 3. The summed E-state index contributed by atoms with van der Waals surface area (Å²) in [5, 5.41) is 9.40. The number of amides is 3. The van der Waals surface area contributed by atoms with Gasteiger partial charge in [-0.1, -0.05) is 41.9 Å². The van der Waals surface area contributed by atoms with Crippen molar-refractivity contribution in [1.29, 1.82) is 0 Å². The number of hydrogen-bond acceptors (Lipinski definition) is 6. The SMILES string of the molecule is O=C(COc1ccc(/C=N/NC(=O)C(=O)Nc2ccc(Oc3ccccc3)cc2)cc1)Nc1ccccc1Cl. The first kappa shape index (κ1) is 26.9. The highest BCUT2D eigenvalue weighted by molar-refractivity contribution is 6.39. The average molecular weight is 543 g/mol. The van der Waals surface area contributed by atoms with E-state index in [1.807, 2.05) is 30.3 Å². The van der Waals surface area contributed by atoms with E-state index in [1.165, 1.54) is 6.21 Å². The van der Waals surface area contributed by atoms with Gasteiger partial charge in [0, 0.05) is 5.69 Å². The number of para-hydroxylation sites is 2. The Bertz CT molecular complexity index is 1460. The smallest absolute Gasteiger partial charge is 0.329 e. The molecule has 4 aromatic rings. The number of ether oxygens (including phenoxy) is 2. The largest absolute Gasteiger partial charge is 0.484 e. The van der Waals surface area contributed by atoms with E-state index in [-0.39, 0.29) is 12.5 Å². The Balaban J connectivity index is 1.19. The lowest BCUT2D eigenvalue weighted by molar-refractivity contribution is -0.136. The standard InChI is InChI=1S/C29H23ClN4O5/c30-25-8-4-5-9-26(25)33-27(35)19-38-22-14-10-20(11-15-22)18-31-34-29(37)28(36)32-21-12-16-24(17-13-21)39-23-6-2-1-3-7-23/h1-18H,19H2,(H,32,36)(H,33,35)(H,34,37)/b31-18+. The van der Waals surface area contributed by atoms with Gasteiger partial charge in [-0.3, -0.25) is 14.4 Å². The van der Waals surface area contributed by atoms with E-state index in [2.05, 4.69) is 21.2 Å². The van der Waals surface area contributed by atoms with Crippen LogP contribution in [0.25, 0.3) is 0 Å². The minimum atomic E-state index is -0.930. The van der Waals surface area contributed by atoms with Crippen molar-refractivity contribution in [3.05, 3.63) is 114 Å². The van der Waals surface area contributed by atoms with E-state index in [0.29, 0.717) is 39.2 Å². The van der Waals surface area contributed by atoms with E-state index in [1.54, 1.807) is 72.8 Å². The molecule has 0 aliphatic carbocycles. The van der Waals surface area contributed by atoms with Crippen molar-refractivity contribution in [2.75, 3.05) is 17.2 Å². The van der Waals surface area contributed by atoms with Gasteiger partial charge in [-0.2, -0.15) is 5.10 Å². The Hall–Kier alpha value is -5.15. The molecule has 39 heavy (non-hydrogen) atoms. The van der Waals surface area contributed by atoms with Crippen molar-refractivity contribution in [3.8, 4) is 17.2 Å². The molecule has 196 valence electrons. The van der Waals surface area contributed by atoms with Crippen LogP contribution in [0.3, 0.4) is 0 Å². The molecule has 0 radical (unpaired) electrons. The summed E-state index contributed by atoms with van der Waals surface area (Å²) in [6, 6.07) is 29.4. The van der Waals surface area contributed by atoms with E-state index >= 15 is 0 Å². The van der Waals surface area contributed by atoms with Crippen LogP contribution in [-0.4, -0.2) is 30.5 Å². The number of halogens is 1. The fourth-order valence-corrected chi connectivity index (χ4v) is 3.37. The molecule has 0 aliphatic heterocycles. The molecule has 0 spiro atoms. The molecule has 4 rings (SSSR count). The van der Waals surface area contributed by atoms with Crippen LogP contribution in [0.5, 0.6) is 17.2 Å².